The summed E-state index contributed by atoms with van der Waals surface area (Å²) >= 11 is 3.45. The van der Waals surface area contributed by atoms with Gasteiger partial charge in [0, 0.05) is 41.9 Å². The Morgan fingerprint density at radius 2 is 2.25 bits per heavy atom. The first-order valence-corrected chi connectivity index (χ1v) is 7.62. The number of nitrogens with zero attached hydrogens (tertiary/aromatic N) is 2. The number of piperazine rings is 1. The molecule has 2 heterocycles. The average molecular weight is 340 g/mol. The molecule has 6 heteroatoms. The van der Waals surface area contributed by atoms with E-state index in [-0.39, 0.29) is 12.1 Å². The van der Waals surface area contributed by atoms with Crippen LogP contribution >= 0.6 is 15.9 Å². The Morgan fingerprint density at radius 1 is 1.45 bits per heavy atom. The van der Waals surface area contributed by atoms with E-state index in [1.807, 2.05) is 23.1 Å². The van der Waals surface area contributed by atoms with Crippen LogP contribution in [-0.2, 0) is 0 Å². The predicted octanol–water partition coefficient (Wildman–Crippen LogP) is 1.72. The number of carbonyl (C=O) groups excluding carboxylic acids is 1. The second kappa shape index (κ2) is 5.26. The van der Waals surface area contributed by atoms with Crippen LogP contribution < -0.4 is 10.2 Å². The number of benzene rings is 1. The number of fused-ring (bicyclic) bond motifs is 1. The molecule has 0 bridgehead atoms. The van der Waals surface area contributed by atoms with Crippen LogP contribution in [0.5, 0.6) is 0 Å². The van der Waals surface area contributed by atoms with Gasteiger partial charge in [-0.05, 0) is 25.1 Å². The van der Waals surface area contributed by atoms with Crippen LogP contribution in [0.2, 0.25) is 0 Å². The molecular weight excluding hydrogens is 322 g/mol. The molecule has 1 aromatic carbocycles. The number of carbonyl (C=O) groups is 1. The van der Waals surface area contributed by atoms with Gasteiger partial charge in [-0.25, -0.2) is 4.79 Å². The summed E-state index contributed by atoms with van der Waals surface area (Å²) < 4.78 is 0.966. The summed E-state index contributed by atoms with van der Waals surface area (Å²) in [6, 6.07) is 6.25. The number of halogens is 1. The van der Waals surface area contributed by atoms with E-state index in [1.54, 1.807) is 6.92 Å². The topological polar surface area (TPSA) is 55.8 Å². The van der Waals surface area contributed by atoms with Gasteiger partial charge in [0.25, 0.3) is 0 Å². The fraction of sp³-hybridized carbons (Fsp3) is 0.500. The highest BCUT2D eigenvalue weighted by atomic mass is 79.9. The van der Waals surface area contributed by atoms with Gasteiger partial charge in [-0.3, -0.25) is 0 Å². The molecule has 0 aliphatic carbocycles. The quantitative estimate of drug-likeness (QED) is 0.862. The van der Waals surface area contributed by atoms with Crippen molar-refractivity contribution in [1.82, 2.24) is 10.2 Å². The third-order valence-corrected chi connectivity index (χ3v) is 4.51. The molecule has 2 N–H and O–H groups in total. The van der Waals surface area contributed by atoms with Gasteiger partial charge in [-0.15, -0.1) is 0 Å². The van der Waals surface area contributed by atoms with Crippen LogP contribution in [0.3, 0.4) is 0 Å². The van der Waals surface area contributed by atoms with Crippen molar-refractivity contribution in [1.29, 1.82) is 0 Å². The number of rotatable bonds is 2. The maximum Gasteiger partial charge on any atom is 0.317 e. The smallest absolute Gasteiger partial charge is 0.317 e. The highest BCUT2D eigenvalue weighted by Gasteiger charge is 2.36. The van der Waals surface area contributed by atoms with E-state index in [4.69, 9.17) is 0 Å². The maximum absolute atomic E-state index is 11.6. The summed E-state index contributed by atoms with van der Waals surface area (Å²) in [7, 11) is 0. The molecule has 2 atom stereocenters. The molecule has 0 radical (unpaired) electrons. The van der Waals surface area contributed by atoms with Crippen molar-refractivity contribution in [2.75, 3.05) is 31.1 Å². The number of aliphatic hydroxyl groups excluding tert-OH is 1. The van der Waals surface area contributed by atoms with Gasteiger partial charge >= 0.3 is 6.03 Å². The van der Waals surface area contributed by atoms with Crippen LogP contribution in [-0.4, -0.2) is 48.3 Å². The lowest BCUT2D eigenvalue weighted by molar-refractivity contribution is 0.193. The Morgan fingerprint density at radius 3 is 3.00 bits per heavy atom. The van der Waals surface area contributed by atoms with Crippen molar-refractivity contribution in [3.05, 3.63) is 28.2 Å². The Balaban J connectivity index is 1.85. The molecule has 0 aromatic heterocycles. The normalized spacial score (nSPS) is 23.6. The molecule has 2 aliphatic rings. The third-order valence-electron chi connectivity index (χ3n) is 4.01. The molecule has 20 heavy (non-hydrogen) atoms. The van der Waals surface area contributed by atoms with Crippen molar-refractivity contribution < 1.29 is 9.90 Å². The standard InChI is InChI=1S/C14H18BrN3O2/c1-9(19)12-6-10(15)2-3-13(12)17-4-5-18-11(8-17)7-16-14(18)20/h2-3,6,9,11,19H,4-5,7-8H2,1H3,(H,16,20). The van der Waals surface area contributed by atoms with Crippen LogP contribution in [0.15, 0.2) is 22.7 Å². The minimum atomic E-state index is -0.510. The Kier molecular flexibility index (Phi) is 3.60. The van der Waals surface area contributed by atoms with Gasteiger partial charge in [-0.1, -0.05) is 15.9 Å². The molecule has 5 nitrogen and oxygen atoms in total. The molecular formula is C14H18BrN3O2. The molecule has 0 saturated carbocycles. The van der Waals surface area contributed by atoms with E-state index in [9.17, 15) is 9.90 Å². The predicted molar refractivity (Wildman–Crippen MR) is 80.9 cm³/mol. The summed E-state index contributed by atoms with van der Waals surface area (Å²) in [4.78, 5) is 15.8. The molecule has 3 rings (SSSR count). The summed E-state index contributed by atoms with van der Waals surface area (Å²) in [6.45, 7) is 4.81. The van der Waals surface area contributed by atoms with Crippen molar-refractivity contribution in [2.45, 2.75) is 19.1 Å². The molecule has 2 aliphatic heterocycles. The van der Waals surface area contributed by atoms with Crippen molar-refractivity contribution in [3.63, 3.8) is 0 Å². The number of hydrogen-bond acceptors (Lipinski definition) is 3. The highest BCUT2D eigenvalue weighted by molar-refractivity contribution is 9.10. The van der Waals surface area contributed by atoms with Gasteiger partial charge in [-0.2, -0.15) is 0 Å². The molecule has 2 unspecified atom stereocenters. The summed E-state index contributed by atoms with van der Waals surface area (Å²) in [6.07, 6.45) is -0.510. The van der Waals surface area contributed by atoms with E-state index in [0.29, 0.717) is 6.54 Å². The average Bonchev–Trinajstić information content (AvgIpc) is 2.80. The van der Waals surface area contributed by atoms with E-state index in [0.717, 1.165) is 35.4 Å². The minimum Gasteiger partial charge on any atom is -0.389 e. The Labute approximate surface area is 126 Å². The lowest BCUT2D eigenvalue weighted by Crippen LogP contribution is -2.52. The van der Waals surface area contributed by atoms with Crippen LogP contribution in [0.25, 0.3) is 0 Å². The van der Waals surface area contributed by atoms with Crippen LogP contribution in [0, 0.1) is 0 Å². The fourth-order valence-electron chi connectivity index (χ4n) is 2.97. The second-order valence-electron chi connectivity index (χ2n) is 5.36. The van der Waals surface area contributed by atoms with Gasteiger partial charge in [0.05, 0.1) is 12.1 Å². The minimum absolute atomic E-state index is 0.0428. The molecule has 2 fully saturated rings. The molecule has 0 spiro atoms. The summed E-state index contributed by atoms with van der Waals surface area (Å²) in [5, 5.41) is 12.8. The van der Waals surface area contributed by atoms with Gasteiger partial charge in [0.2, 0.25) is 0 Å². The molecule has 1 aromatic rings. The Hall–Kier alpha value is -1.27. The van der Waals surface area contributed by atoms with E-state index in [2.05, 4.69) is 26.1 Å². The lowest BCUT2D eigenvalue weighted by atomic mass is 10.1. The molecule has 108 valence electrons. The zero-order chi connectivity index (χ0) is 14.3. The number of nitrogens with one attached hydrogen (secondary N) is 1. The zero-order valence-corrected chi connectivity index (χ0v) is 12.9. The van der Waals surface area contributed by atoms with Gasteiger partial charge in [0.1, 0.15) is 0 Å². The summed E-state index contributed by atoms with van der Waals surface area (Å²) in [5.74, 6) is 0. The van der Waals surface area contributed by atoms with Gasteiger partial charge in [0.15, 0.2) is 0 Å². The highest BCUT2D eigenvalue weighted by Crippen LogP contribution is 2.31. The number of hydrogen-bond donors (Lipinski definition) is 2. The lowest BCUT2D eigenvalue weighted by Gasteiger charge is -2.39. The maximum atomic E-state index is 11.6. The van der Waals surface area contributed by atoms with Crippen molar-refractivity contribution in [3.8, 4) is 0 Å². The van der Waals surface area contributed by atoms with Crippen LogP contribution in [0.1, 0.15) is 18.6 Å². The third kappa shape index (κ3) is 2.38. The molecule has 2 saturated heterocycles. The zero-order valence-electron chi connectivity index (χ0n) is 11.3. The van der Waals surface area contributed by atoms with E-state index >= 15 is 0 Å². The SMILES string of the molecule is CC(O)c1cc(Br)ccc1N1CCN2C(=O)NCC2C1. The van der Waals surface area contributed by atoms with Crippen LogP contribution in [0.4, 0.5) is 10.5 Å². The van der Waals surface area contributed by atoms with Gasteiger partial charge < -0.3 is 20.2 Å². The first kappa shape index (κ1) is 13.7. The second-order valence-corrected chi connectivity index (χ2v) is 6.27. The monoisotopic (exact) mass is 339 g/mol. The van der Waals surface area contributed by atoms with Crippen molar-refractivity contribution >= 4 is 27.6 Å². The van der Waals surface area contributed by atoms with E-state index in [1.165, 1.54) is 0 Å². The fourth-order valence-corrected chi connectivity index (χ4v) is 3.35. The summed E-state index contributed by atoms with van der Waals surface area (Å²) in [5.41, 5.74) is 1.98. The number of amides is 2. The number of urea groups is 1. The first-order chi connectivity index (χ1) is 9.56. The van der Waals surface area contributed by atoms with E-state index < -0.39 is 6.10 Å². The van der Waals surface area contributed by atoms with Crippen molar-refractivity contribution in [2.24, 2.45) is 0 Å². The number of aliphatic hydroxyl groups is 1. The number of anilines is 1. The first-order valence-electron chi connectivity index (χ1n) is 6.83. The Bertz CT molecular complexity index is 535. The molecule has 2 amide bonds. The largest absolute Gasteiger partial charge is 0.389 e.